The van der Waals surface area contributed by atoms with Crippen molar-refractivity contribution in [3.05, 3.63) is 101 Å². The van der Waals surface area contributed by atoms with Gasteiger partial charge in [0.2, 0.25) is 5.82 Å². The molecule has 242 valence electrons. The zero-order chi connectivity index (χ0) is 32.9. The molecule has 0 aliphatic carbocycles. The predicted octanol–water partition coefficient (Wildman–Crippen LogP) is 5.30. The predicted molar refractivity (Wildman–Crippen MR) is 173 cm³/mol. The number of piperidine rings is 1. The smallest absolute Gasteiger partial charge is 0.255 e. The van der Waals surface area contributed by atoms with Gasteiger partial charge in [-0.15, -0.1) is 0 Å². The molecule has 5 aromatic rings. The second-order valence-corrected chi connectivity index (χ2v) is 11.4. The summed E-state index contributed by atoms with van der Waals surface area (Å²) in [7, 11) is 1.63. The summed E-state index contributed by atoms with van der Waals surface area (Å²) in [5, 5.41) is 9.11. The second-order valence-electron chi connectivity index (χ2n) is 11.0. The third-order valence-electron chi connectivity index (χ3n) is 7.98. The number of nitrogens with one attached hydrogen (secondary N) is 3. The van der Waals surface area contributed by atoms with Gasteiger partial charge in [-0.25, -0.2) is 14.4 Å². The van der Waals surface area contributed by atoms with Crippen molar-refractivity contribution in [2.24, 2.45) is 5.92 Å². The van der Waals surface area contributed by atoms with Crippen molar-refractivity contribution < 1.29 is 23.1 Å². The van der Waals surface area contributed by atoms with Crippen molar-refractivity contribution in [3.8, 4) is 17.0 Å². The third kappa shape index (κ3) is 6.86. The SMILES string of the molecule is CNCOc1ccc(-c2cnc3c(Nc4ccc(C(=O)N5CCC(CNC(=O)c6ccncc6)CC5)c(Cl)c4)nccn23)c(F)c1F. The Morgan fingerprint density at radius 3 is 2.55 bits per heavy atom. The van der Waals surface area contributed by atoms with Crippen LogP contribution in [0.5, 0.6) is 5.75 Å². The average Bonchev–Trinajstić information content (AvgIpc) is 3.53. The Labute approximate surface area is 274 Å². The Balaban J connectivity index is 1.10. The molecule has 0 bridgehead atoms. The summed E-state index contributed by atoms with van der Waals surface area (Å²) in [6.07, 6.45) is 9.21. The van der Waals surface area contributed by atoms with Gasteiger partial charge < -0.3 is 20.3 Å². The van der Waals surface area contributed by atoms with Gasteiger partial charge in [-0.2, -0.15) is 4.39 Å². The standard InChI is InChI=1S/C33H31ClF2N8O3/c1-37-19-47-27-5-4-24(28(35)29(27)36)26-18-40-31-30(39-12-15-44(26)31)42-22-2-3-23(25(34)16-22)33(46)43-13-8-20(9-14-43)17-41-32(45)21-6-10-38-11-7-21/h2-7,10-12,15-16,18,20,37H,8-9,13-14,17,19H2,1H3,(H,39,42)(H,41,45). The van der Waals surface area contributed by atoms with Crippen LogP contribution in [0.15, 0.2) is 73.4 Å². The molecule has 2 amide bonds. The maximum absolute atomic E-state index is 15.0. The number of rotatable bonds is 10. The van der Waals surface area contributed by atoms with Crippen LogP contribution in [0.4, 0.5) is 20.3 Å². The highest BCUT2D eigenvalue weighted by Crippen LogP contribution is 2.32. The molecular weight excluding hydrogens is 630 g/mol. The molecule has 1 fully saturated rings. The van der Waals surface area contributed by atoms with Gasteiger partial charge in [-0.05, 0) is 68.3 Å². The number of imidazole rings is 1. The molecule has 14 heteroatoms. The van der Waals surface area contributed by atoms with E-state index in [9.17, 15) is 14.0 Å². The van der Waals surface area contributed by atoms with E-state index in [4.69, 9.17) is 16.3 Å². The van der Waals surface area contributed by atoms with Gasteiger partial charge in [-0.1, -0.05) is 11.6 Å². The van der Waals surface area contributed by atoms with Crippen molar-refractivity contribution >= 4 is 40.6 Å². The monoisotopic (exact) mass is 660 g/mol. The lowest BCUT2D eigenvalue weighted by Gasteiger charge is -2.32. The fourth-order valence-corrected chi connectivity index (χ4v) is 5.71. The largest absolute Gasteiger partial charge is 0.475 e. The van der Waals surface area contributed by atoms with Crippen LogP contribution < -0.4 is 20.7 Å². The quantitative estimate of drug-likeness (QED) is 0.172. The lowest BCUT2D eigenvalue weighted by molar-refractivity contribution is 0.0684. The van der Waals surface area contributed by atoms with E-state index in [1.165, 1.54) is 24.5 Å². The molecule has 4 heterocycles. The number of hydrogen-bond donors (Lipinski definition) is 3. The van der Waals surface area contributed by atoms with Crippen molar-refractivity contribution in [2.45, 2.75) is 12.8 Å². The number of hydrogen-bond acceptors (Lipinski definition) is 8. The summed E-state index contributed by atoms with van der Waals surface area (Å²) >= 11 is 6.59. The van der Waals surface area contributed by atoms with E-state index in [-0.39, 0.29) is 40.8 Å². The zero-order valence-corrected chi connectivity index (χ0v) is 26.1. The van der Waals surface area contributed by atoms with Crippen molar-refractivity contribution in [1.82, 2.24) is 34.9 Å². The summed E-state index contributed by atoms with van der Waals surface area (Å²) in [4.78, 5) is 40.1. The molecule has 47 heavy (non-hydrogen) atoms. The number of nitrogens with zero attached hydrogens (tertiary/aromatic N) is 5. The van der Waals surface area contributed by atoms with Crippen LogP contribution in [0.25, 0.3) is 16.9 Å². The molecule has 1 aliphatic rings. The number of amides is 2. The molecule has 6 rings (SSSR count). The minimum Gasteiger partial charge on any atom is -0.475 e. The first-order valence-corrected chi connectivity index (χ1v) is 15.3. The highest BCUT2D eigenvalue weighted by Gasteiger charge is 2.26. The van der Waals surface area contributed by atoms with E-state index >= 15 is 4.39 Å². The number of benzene rings is 2. The number of fused-ring (bicyclic) bond motifs is 1. The summed E-state index contributed by atoms with van der Waals surface area (Å²) in [5.74, 6) is -2.06. The second kappa shape index (κ2) is 14.1. The van der Waals surface area contributed by atoms with Crippen LogP contribution >= 0.6 is 11.6 Å². The molecule has 0 atom stereocenters. The van der Waals surface area contributed by atoms with Crippen LogP contribution in [-0.4, -0.2) is 69.5 Å². The van der Waals surface area contributed by atoms with Crippen LogP contribution in [-0.2, 0) is 0 Å². The Morgan fingerprint density at radius 1 is 1.02 bits per heavy atom. The average molecular weight is 661 g/mol. The number of aromatic nitrogens is 4. The summed E-state index contributed by atoms with van der Waals surface area (Å²) in [6, 6.07) is 11.1. The van der Waals surface area contributed by atoms with E-state index in [0.29, 0.717) is 53.6 Å². The lowest BCUT2D eigenvalue weighted by atomic mass is 9.96. The molecular formula is C33H31ClF2N8O3. The first kappa shape index (κ1) is 31.8. The first-order valence-electron chi connectivity index (χ1n) is 15.0. The maximum Gasteiger partial charge on any atom is 0.255 e. The number of likely N-dealkylation sites (tertiary alicyclic amines) is 1. The molecule has 0 radical (unpaired) electrons. The zero-order valence-electron chi connectivity index (χ0n) is 25.3. The van der Waals surface area contributed by atoms with E-state index in [1.807, 2.05) is 0 Å². The van der Waals surface area contributed by atoms with Gasteiger partial charge in [0.1, 0.15) is 6.73 Å². The minimum atomic E-state index is -1.10. The van der Waals surface area contributed by atoms with Crippen molar-refractivity contribution in [3.63, 3.8) is 0 Å². The molecule has 0 unspecified atom stereocenters. The molecule has 0 spiro atoms. The topological polar surface area (TPSA) is 126 Å². The third-order valence-corrected chi connectivity index (χ3v) is 8.29. The number of anilines is 2. The van der Waals surface area contributed by atoms with Crippen LogP contribution in [0.2, 0.25) is 5.02 Å². The summed E-state index contributed by atoms with van der Waals surface area (Å²) in [5.41, 5.74) is 2.19. The number of ether oxygens (including phenoxy) is 1. The van der Waals surface area contributed by atoms with Gasteiger partial charge in [-0.3, -0.25) is 24.3 Å². The van der Waals surface area contributed by atoms with Crippen LogP contribution in [0, 0.1) is 17.6 Å². The van der Waals surface area contributed by atoms with E-state index < -0.39 is 11.6 Å². The lowest BCUT2D eigenvalue weighted by Crippen LogP contribution is -2.41. The minimum absolute atomic E-state index is 0.00797. The van der Waals surface area contributed by atoms with Gasteiger partial charge in [0.25, 0.3) is 11.8 Å². The van der Waals surface area contributed by atoms with Crippen LogP contribution in [0.3, 0.4) is 0 Å². The van der Waals surface area contributed by atoms with Gasteiger partial charge >= 0.3 is 0 Å². The fourth-order valence-electron chi connectivity index (χ4n) is 5.45. The van der Waals surface area contributed by atoms with Gasteiger partial charge in [0, 0.05) is 61.2 Å². The molecule has 3 N–H and O–H groups in total. The summed E-state index contributed by atoms with van der Waals surface area (Å²) < 4.78 is 36.5. The van der Waals surface area contributed by atoms with Crippen LogP contribution in [0.1, 0.15) is 33.6 Å². The molecule has 1 saturated heterocycles. The van der Waals surface area contributed by atoms with Crippen molar-refractivity contribution in [1.29, 1.82) is 0 Å². The first-order chi connectivity index (χ1) is 22.8. The highest BCUT2D eigenvalue weighted by atomic mass is 35.5. The van der Waals surface area contributed by atoms with E-state index in [2.05, 4.69) is 30.9 Å². The Bertz CT molecular complexity index is 1920. The molecule has 2 aromatic carbocycles. The summed E-state index contributed by atoms with van der Waals surface area (Å²) in [6.45, 7) is 1.66. The number of pyridine rings is 1. The Kier molecular flexibility index (Phi) is 9.55. The molecule has 0 saturated carbocycles. The van der Waals surface area contributed by atoms with E-state index in [1.54, 1.807) is 65.3 Å². The maximum atomic E-state index is 15.0. The number of carbonyl (C=O) groups is 2. The Morgan fingerprint density at radius 2 is 1.81 bits per heavy atom. The van der Waals surface area contributed by atoms with Gasteiger partial charge in [0.15, 0.2) is 23.0 Å². The fraction of sp³-hybridized carbons (Fsp3) is 0.242. The van der Waals surface area contributed by atoms with E-state index in [0.717, 1.165) is 12.8 Å². The number of halogens is 3. The molecule has 1 aliphatic heterocycles. The normalized spacial score (nSPS) is 13.5. The van der Waals surface area contributed by atoms with Crippen molar-refractivity contribution in [2.75, 3.05) is 38.7 Å². The number of carbonyl (C=O) groups excluding carboxylic acids is 2. The Hall–Kier alpha value is -5.14. The highest BCUT2D eigenvalue weighted by molar-refractivity contribution is 6.34. The molecule has 3 aromatic heterocycles. The van der Waals surface area contributed by atoms with Gasteiger partial charge in [0.05, 0.1) is 22.5 Å². The molecule has 11 nitrogen and oxygen atoms in total.